The van der Waals surface area contributed by atoms with Crippen molar-refractivity contribution in [3.05, 3.63) is 192 Å². The molecule has 0 unspecified atom stereocenters. The Morgan fingerprint density at radius 1 is 0.425 bits per heavy atom. The Labute approximate surface area is 431 Å². The lowest BCUT2D eigenvalue weighted by Crippen LogP contribution is -2.61. The molecule has 0 spiro atoms. The zero-order chi connectivity index (χ0) is 50.7. The fraction of sp³-hybridized carbons (Fsp3) is 0.235. The fourth-order valence-electron chi connectivity index (χ4n) is 12.1. The molecule has 13 rings (SSSR count). The highest BCUT2D eigenvalue weighted by molar-refractivity contribution is 6.94. The van der Waals surface area contributed by atoms with Gasteiger partial charge in [0.2, 0.25) is 0 Å². The van der Waals surface area contributed by atoms with E-state index in [0.717, 1.165) is 50.4 Å². The second kappa shape index (κ2) is 15.5. The van der Waals surface area contributed by atoms with E-state index < -0.39 is 0 Å². The summed E-state index contributed by atoms with van der Waals surface area (Å²) in [7, 11) is 0. The van der Waals surface area contributed by atoms with Crippen LogP contribution in [-0.4, -0.2) is 11.4 Å². The number of rotatable bonds is 4. The number of furan rings is 1. The molecule has 5 heteroatoms. The standard InChI is InChI=1S/C68H64BN3O/c1-65(2,3)42-24-29-46(30-25-42)70(47-31-26-43(27-32-47)66(4,5)6)48-33-34-52-58(40-48)72(57-22-17-21-51-50-20-15-16-23-60(50)73-64(51)57)69-55-39-45(68(10,11)12)38-54-53-37-44(67(7,8)9)28-35-56(53)71(63(54)55)59-36-41-18-13-14-19-49(41)61(52)62(59)69/h13-40H,1-12H3. The van der Waals surface area contributed by atoms with Crippen molar-refractivity contribution in [2.75, 3.05) is 9.71 Å². The van der Waals surface area contributed by atoms with Crippen LogP contribution < -0.4 is 20.6 Å². The molecule has 11 aromatic rings. The second-order valence-electron chi connectivity index (χ2n) is 25.1. The van der Waals surface area contributed by atoms with Crippen molar-refractivity contribution in [2.45, 2.75) is 105 Å². The van der Waals surface area contributed by atoms with Gasteiger partial charge in [-0.1, -0.05) is 180 Å². The summed E-state index contributed by atoms with van der Waals surface area (Å²) in [6, 6.07) is 64.8. The number of anilines is 5. The molecule has 0 radical (unpaired) electrons. The summed E-state index contributed by atoms with van der Waals surface area (Å²) in [5.41, 5.74) is 21.3. The second-order valence-corrected chi connectivity index (χ2v) is 25.1. The predicted octanol–water partition coefficient (Wildman–Crippen LogP) is 17.7. The Balaban J connectivity index is 1.17. The van der Waals surface area contributed by atoms with Crippen molar-refractivity contribution in [3.63, 3.8) is 0 Å². The molecule has 9 aromatic carbocycles. The van der Waals surface area contributed by atoms with Crippen LogP contribution in [0, 0.1) is 0 Å². The molecule has 73 heavy (non-hydrogen) atoms. The van der Waals surface area contributed by atoms with Crippen LogP contribution in [0.2, 0.25) is 0 Å². The van der Waals surface area contributed by atoms with Gasteiger partial charge in [-0.2, -0.15) is 0 Å². The minimum Gasteiger partial charge on any atom is -0.454 e. The van der Waals surface area contributed by atoms with E-state index in [-0.39, 0.29) is 28.5 Å². The minimum atomic E-state index is -0.217. The topological polar surface area (TPSA) is 24.6 Å². The maximum atomic E-state index is 7.10. The molecule has 0 aliphatic carbocycles. The first-order valence-electron chi connectivity index (χ1n) is 26.3. The lowest BCUT2D eigenvalue weighted by molar-refractivity contribution is 0.590. The van der Waals surface area contributed by atoms with E-state index in [9.17, 15) is 0 Å². The van der Waals surface area contributed by atoms with Crippen LogP contribution >= 0.6 is 0 Å². The number of aromatic nitrogens is 1. The van der Waals surface area contributed by atoms with Gasteiger partial charge in [-0.25, -0.2) is 0 Å². The van der Waals surface area contributed by atoms with Gasteiger partial charge < -0.3 is 18.7 Å². The van der Waals surface area contributed by atoms with Crippen LogP contribution in [0.25, 0.3) is 71.3 Å². The van der Waals surface area contributed by atoms with E-state index in [2.05, 4.69) is 267 Å². The molecule has 4 nitrogen and oxygen atoms in total. The van der Waals surface area contributed by atoms with Gasteiger partial charge in [-0.05, 0) is 144 Å². The average molecular weight is 950 g/mol. The van der Waals surface area contributed by atoms with E-state index in [1.54, 1.807) is 0 Å². The quantitative estimate of drug-likeness (QED) is 0.164. The Kier molecular flexibility index (Phi) is 9.64. The third-order valence-electron chi connectivity index (χ3n) is 16.2. The highest BCUT2D eigenvalue weighted by atomic mass is 16.3. The number of fused-ring (bicyclic) bond motifs is 12. The van der Waals surface area contributed by atoms with E-state index in [1.807, 2.05) is 0 Å². The normalized spacial score (nSPS) is 13.7. The molecule has 2 aliphatic heterocycles. The smallest absolute Gasteiger partial charge is 0.333 e. The lowest BCUT2D eigenvalue weighted by Gasteiger charge is -2.43. The van der Waals surface area contributed by atoms with Crippen molar-refractivity contribution in [2.24, 2.45) is 0 Å². The van der Waals surface area contributed by atoms with E-state index in [0.29, 0.717) is 0 Å². The lowest BCUT2D eigenvalue weighted by atomic mass is 9.43. The Morgan fingerprint density at radius 2 is 1.00 bits per heavy atom. The minimum absolute atomic E-state index is 0.0153. The van der Waals surface area contributed by atoms with Crippen molar-refractivity contribution < 1.29 is 4.42 Å². The Morgan fingerprint density at radius 3 is 1.66 bits per heavy atom. The van der Waals surface area contributed by atoms with Crippen LogP contribution in [0.15, 0.2) is 174 Å². The molecule has 0 bridgehead atoms. The molecule has 360 valence electrons. The molecule has 0 amide bonds. The number of hydrogen-bond acceptors (Lipinski definition) is 3. The SMILES string of the molecule is CC(C)(C)c1ccc(N(c2ccc(C(C)(C)C)cc2)c2ccc3c(c2)N(c2cccc4c2oc2ccccc24)B2c4c(cc5ccccc5c4-3)-n3c4ccc(C(C)(C)C)cc4c4cc(C(C)(C)C)cc2c43)cc1. The van der Waals surface area contributed by atoms with Crippen LogP contribution in [0.1, 0.15) is 105 Å². The zero-order valence-corrected chi connectivity index (χ0v) is 44.5. The van der Waals surface area contributed by atoms with Gasteiger partial charge in [-0.3, -0.25) is 0 Å². The maximum Gasteiger partial charge on any atom is 0.333 e. The van der Waals surface area contributed by atoms with E-state index in [1.165, 1.54) is 82.6 Å². The molecule has 2 aliphatic rings. The first-order chi connectivity index (χ1) is 34.7. The molecule has 4 heterocycles. The van der Waals surface area contributed by atoms with E-state index >= 15 is 0 Å². The molecular formula is C68H64BN3O. The van der Waals surface area contributed by atoms with Gasteiger partial charge in [0.1, 0.15) is 5.58 Å². The molecule has 0 fully saturated rings. The number of nitrogens with zero attached hydrogens (tertiary/aromatic N) is 3. The van der Waals surface area contributed by atoms with Crippen molar-refractivity contribution >= 4 is 101 Å². The van der Waals surface area contributed by atoms with Crippen LogP contribution in [0.5, 0.6) is 0 Å². The van der Waals surface area contributed by atoms with Crippen LogP contribution in [-0.2, 0) is 21.7 Å². The number of hydrogen-bond donors (Lipinski definition) is 0. The largest absolute Gasteiger partial charge is 0.454 e. The van der Waals surface area contributed by atoms with Gasteiger partial charge in [-0.15, -0.1) is 0 Å². The van der Waals surface area contributed by atoms with Gasteiger partial charge >= 0.3 is 6.85 Å². The van der Waals surface area contributed by atoms with Crippen molar-refractivity contribution in [1.82, 2.24) is 4.57 Å². The molecular weight excluding hydrogens is 886 g/mol. The Hall–Kier alpha value is -7.50. The van der Waals surface area contributed by atoms with Crippen LogP contribution in [0.3, 0.4) is 0 Å². The predicted molar refractivity (Wildman–Crippen MR) is 314 cm³/mol. The average Bonchev–Trinajstić information content (AvgIpc) is 3.92. The summed E-state index contributed by atoms with van der Waals surface area (Å²) in [5, 5.41) is 7.32. The fourth-order valence-corrected chi connectivity index (χ4v) is 12.1. The summed E-state index contributed by atoms with van der Waals surface area (Å²) in [4.78, 5) is 5.11. The summed E-state index contributed by atoms with van der Waals surface area (Å²) >= 11 is 0. The first kappa shape index (κ1) is 45.4. The monoisotopic (exact) mass is 950 g/mol. The maximum absolute atomic E-state index is 7.10. The summed E-state index contributed by atoms with van der Waals surface area (Å²) in [6.07, 6.45) is 0. The highest BCUT2D eigenvalue weighted by Crippen LogP contribution is 2.51. The Bertz CT molecular complexity index is 4010. The van der Waals surface area contributed by atoms with Gasteiger partial charge in [0.15, 0.2) is 5.58 Å². The molecule has 0 atom stereocenters. The highest BCUT2D eigenvalue weighted by Gasteiger charge is 2.46. The molecule has 0 saturated heterocycles. The number of benzene rings is 9. The molecule has 2 aromatic heterocycles. The van der Waals surface area contributed by atoms with E-state index in [4.69, 9.17) is 4.42 Å². The van der Waals surface area contributed by atoms with Crippen molar-refractivity contribution in [1.29, 1.82) is 0 Å². The van der Waals surface area contributed by atoms with Crippen molar-refractivity contribution in [3.8, 4) is 16.8 Å². The molecule has 0 saturated carbocycles. The van der Waals surface area contributed by atoms with Gasteiger partial charge in [0, 0.05) is 55.5 Å². The summed E-state index contributed by atoms with van der Waals surface area (Å²) in [6.45, 7) is 27.6. The molecule has 0 N–H and O–H groups in total. The first-order valence-corrected chi connectivity index (χ1v) is 26.3. The summed E-state index contributed by atoms with van der Waals surface area (Å²) in [5.74, 6) is 0. The third-order valence-corrected chi connectivity index (χ3v) is 16.2. The number of para-hydroxylation sites is 2. The van der Waals surface area contributed by atoms with Crippen LogP contribution in [0.4, 0.5) is 28.4 Å². The van der Waals surface area contributed by atoms with Gasteiger partial charge in [0.05, 0.1) is 16.7 Å². The third kappa shape index (κ3) is 6.94. The van der Waals surface area contributed by atoms with Gasteiger partial charge in [0.25, 0.3) is 0 Å². The zero-order valence-electron chi connectivity index (χ0n) is 44.5. The summed E-state index contributed by atoms with van der Waals surface area (Å²) < 4.78 is 9.72.